The van der Waals surface area contributed by atoms with Crippen LogP contribution in [0.2, 0.25) is 0 Å². The summed E-state index contributed by atoms with van der Waals surface area (Å²) >= 11 is 0. The van der Waals surface area contributed by atoms with E-state index in [0.717, 1.165) is 30.2 Å². The molecule has 0 aliphatic carbocycles. The third-order valence-electron chi connectivity index (χ3n) is 6.73. The molecule has 0 spiro atoms. The highest BCUT2D eigenvalue weighted by atomic mass is 15.3. The van der Waals surface area contributed by atoms with Crippen LogP contribution in [0.5, 0.6) is 0 Å². The quantitative estimate of drug-likeness (QED) is 0.160. The predicted molar refractivity (Wildman–Crippen MR) is 150 cm³/mol. The van der Waals surface area contributed by atoms with Crippen molar-refractivity contribution in [3.63, 3.8) is 0 Å². The molecule has 1 nitrogen and oxygen atoms in total. The number of benzene rings is 4. The van der Waals surface area contributed by atoms with Crippen molar-refractivity contribution in [3.05, 3.63) is 142 Å². The molecule has 35 heavy (non-hydrogen) atoms. The number of nitrogens with zero attached hydrogens (tertiary/aromatic N) is 1. The smallest absolute Gasteiger partial charge is 0.0780 e. The van der Waals surface area contributed by atoms with Gasteiger partial charge in [0, 0.05) is 0 Å². The van der Waals surface area contributed by atoms with Gasteiger partial charge in [0.15, 0.2) is 0 Å². The fourth-order valence-electron chi connectivity index (χ4n) is 4.96. The van der Waals surface area contributed by atoms with E-state index in [9.17, 15) is 0 Å². The molecule has 0 unspecified atom stereocenters. The van der Waals surface area contributed by atoms with E-state index in [1.807, 2.05) is 0 Å². The molecule has 4 aromatic carbocycles. The summed E-state index contributed by atoms with van der Waals surface area (Å²) in [5.41, 5.74) is 10.1. The molecule has 0 heterocycles. The first-order valence-corrected chi connectivity index (χ1v) is 13.0. The molecular formula is C34H40N+. The lowest BCUT2D eigenvalue weighted by molar-refractivity contribution is -0.870. The molecular weight excluding hydrogens is 422 g/mol. The maximum Gasteiger partial charge on any atom is 0.0780 e. The second-order valence-corrected chi connectivity index (χ2v) is 10.9. The van der Waals surface area contributed by atoms with Crippen LogP contribution in [0.25, 0.3) is 0 Å². The Labute approximate surface area is 212 Å². The molecule has 0 atom stereocenters. The minimum absolute atomic E-state index is 0.978. The Hall–Kier alpha value is -3.16. The van der Waals surface area contributed by atoms with E-state index in [1.165, 1.54) is 52.8 Å². The summed E-state index contributed by atoms with van der Waals surface area (Å²) in [4.78, 5) is 0. The van der Waals surface area contributed by atoms with Crippen molar-refractivity contribution >= 4 is 0 Å². The lowest BCUT2D eigenvalue weighted by atomic mass is 9.86. The van der Waals surface area contributed by atoms with E-state index < -0.39 is 0 Å². The zero-order valence-electron chi connectivity index (χ0n) is 21.7. The second-order valence-electron chi connectivity index (χ2n) is 10.9. The molecule has 0 fully saturated rings. The predicted octanol–water partition coefficient (Wildman–Crippen LogP) is 7.49. The van der Waals surface area contributed by atoms with Crippen LogP contribution in [-0.2, 0) is 25.7 Å². The highest BCUT2D eigenvalue weighted by Crippen LogP contribution is 2.27. The van der Waals surface area contributed by atoms with Crippen molar-refractivity contribution in [2.45, 2.75) is 38.5 Å². The van der Waals surface area contributed by atoms with Crippen molar-refractivity contribution in [1.29, 1.82) is 0 Å². The number of hydrogen-bond donors (Lipinski definition) is 0. The van der Waals surface area contributed by atoms with Crippen LogP contribution in [0.4, 0.5) is 0 Å². The van der Waals surface area contributed by atoms with Crippen molar-refractivity contribution in [2.75, 3.05) is 27.7 Å². The number of hydrogen-bond acceptors (Lipinski definition) is 0. The van der Waals surface area contributed by atoms with E-state index in [0.29, 0.717) is 0 Å². The molecule has 0 radical (unpaired) electrons. The van der Waals surface area contributed by atoms with Gasteiger partial charge in [-0.3, -0.25) is 0 Å². The zero-order chi connectivity index (χ0) is 24.5. The third kappa shape index (κ3) is 7.94. The van der Waals surface area contributed by atoms with Gasteiger partial charge >= 0.3 is 0 Å². The maximum absolute atomic E-state index is 2.49. The summed E-state index contributed by atoms with van der Waals surface area (Å²) in [6.45, 7) is 1.22. The summed E-state index contributed by atoms with van der Waals surface area (Å²) < 4.78 is 1.03. The molecule has 0 aromatic heterocycles. The standard InChI is InChI=1S/C34H40N/c1-35(2,3)22-14-13-21-34-32(24-29-17-9-5-10-18-29)26-31(23-28-15-7-4-8-16-28)27-33(34)25-30-19-11-6-12-20-30/h4-12,15-20,26-27H,13-14,21-25H2,1-3H3/q+1. The van der Waals surface area contributed by atoms with Crippen LogP contribution in [-0.4, -0.2) is 32.2 Å². The molecule has 4 aromatic rings. The number of rotatable bonds is 11. The van der Waals surface area contributed by atoms with Crippen LogP contribution >= 0.6 is 0 Å². The second kappa shape index (κ2) is 12.0. The fourth-order valence-corrected chi connectivity index (χ4v) is 4.96. The van der Waals surface area contributed by atoms with Crippen molar-refractivity contribution in [3.8, 4) is 0 Å². The van der Waals surface area contributed by atoms with E-state index in [2.05, 4.69) is 124 Å². The van der Waals surface area contributed by atoms with Gasteiger partial charge in [0.1, 0.15) is 0 Å². The van der Waals surface area contributed by atoms with E-state index >= 15 is 0 Å². The van der Waals surface area contributed by atoms with Crippen LogP contribution in [0, 0.1) is 0 Å². The monoisotopic (exact) mass is 462 g/mol. The van der Waals surface area contributed by atoms with E-state index in [4.69, 9.17) is 0 Å². The normalized spacial score (nSPS) is 11.5. The summed E-state index contributed by atoms with van der Waals surface area (Å²) in [5, 5.41) is 0. The Kier molecular flexibility index (Phi) is 8.55. The third-order valence-corrected chi connectivity index (χ3v) is 6.73. The van der Waals surface area contributed by atoms with Gasteiger partial charge in [0.05, 0.1) is 27.7 Å². The van der Waals surface area contributed by atoms with Gasteiger partial charge in [-0.1, -0.05) is 103 Å². The summed E-state index contributed by atoms with van der Waals surface area (Å²) in [5.74, 6) is 0. The molecule has 4 rings (SSSR count). The minimum atomic E-state index is 0.978. The summed E-state index contributed by atoms with van der Waals surface area (Å²) in [6.07, 6.45) is 6.61. The molecule has 0 saturated carbocycles. The van der Waals surface area contributed by atoms with Gasteiger partial charge in [-0.25, -0.2) is 0 Å². The SMILES string of the molecule is C[N+](C)(C)CCCCc1c(Cc2ccccc2)cc(Cc2ccccc2)cc1Cc1ccccc1. The first kappa shape index (κ1) is 24.9. The largest absolute Gasteiger partial charge is 0.331 e. The van der Waals surface area contributed by atoms with Crippen molar-refractivity contribution < 1.29 is 4.48 Å². The average Bonchev–Trinajstić information content (AvgIpc) is 2.84. The zero-order valence-corrected chi connectivity index (χ0v) is 21.7. The molecule has 0 aliphatic rings. The van der Waals surface area contributed by atoms with Gasteiger partial charge in [0.2, 0.25) is 0 Å². The number of unbranched alkanes of at least 4 members (excludes halogenated alkanes) is 1. The number of quaternary nitrogens is 1. The molecule has 180 valence electrons. The van der Waals surface area contributed by atoms with Crippen LogP contribution in [0.15, 0.2) is 103 Å². The first-order chi connectivity index (χ1) is 17.0. The Morgan fingerprint density at radius 1 is 0.486 bits per heavy atom. The van der Waals surface area contributed by atoms with Gasteiger partial charge in [0.25, 0.3) is 0 Å². The van der Waals surface area contributed by atoms with Crippen LogP contribution in [0.3, 0.4) is 0 Å². The molecule has 0 aliphatic heterocycles. The van der Waals surface area contributed by atoms with E-state index in [-0.39, 0.29) is 0 Å². The minimum Gasteiger partial charge on any atom is -0.331 e. The van der Waals surface area contributed by atoms with Gasteiger partial charge in [-0.05, 0) is 77.5 Å². The highest BCUT2D eigenvalue weighted by Gasteiger charge is 2.14. The Bertz CT molecular complexity index is 1110. The summed E-state index contributed by atoms with van der Waals surface area (Å²) in [7, 11) is 6.88. The van der Waals surface area contributed by atoms with Gasteiger partial charge in [-0.2, -0.15) is 0 Å². The molecule has 0 saturated heterocycles. The molecule has 0 bridgehead atoms. The van der Waals surface area contributed by atoms with Gasteiger partial charge in [-0.15, -0.1) is 0 Å². The lowest BCUT2D eigenvalue weighted by Gasteiger charge is -2.24. The molecule has 0 N–H and O–H groups in total. The lowest BCUT2D eigenvalue weighted by Crippen LogP contribution is -2.35. The Morgan fingerprint density at radius 2 is 0.914 bits per heavy atom. The topological polar surface area (TPSA) is 0 Å². The molecule has 0 amide bonds. The van der Waals surface area contributed by atoms with Crippen LogP contribution in [0.1, 0.15) is 51.8 Å². The van der Waals surface area contributed by atoms with Crippen molar-refractivity contribution in [2.24, 2.45) is 0 Å². The first-order valence-electron chi connectivity index (χ1n) is 13.0. The van der Waals surface area contributed by atoms with E-state index in [1.54, 1.807) is 5.56 Å². The van der Waals surface area contributed by atoms with Crippen molar-refractivity contribution in [1.82, 2.24) is 0 Å². The van der Waals surface area contributed by atoms with Crippen LogP contribution < -0.4 is 0 Å². The average molecular weight is 463 g/mol. The summed E-state index contributed by atoms with van der Waals surface area (Å²) in [6, 6.07) is 37.8. The highest BCUT2D eigenvalue weighted by molar-refractivity contribution is 5.45. The Morgan fingerprint density at radius 3 is 1.34 bits per heavy atom. The molecule has 1 heteroatoms. The van der Waals surface area contributed by atoms with Gasteiger partial charge < -0.3 is 4.48 Å². The maximum atomic E-state index is 2.49. The fraction of sp³-hybridized carbons (Fsp3) is 0.294. The Balaban J connectivity index is 1.70.